The van der Waals surface area contributed by atoms with Crippen LogP contribution in [-0.2, 0) is 4.79 Å². The Morgan fingerprint density at radius 3 is 2.70 bits per heavy atom. The Hall–Kier alpha value is -2.72. The van der Waals surface area contributed by atoms with Gasteiger partial charge in [-0.15, -0.1) is 0 Å². The standard InChI is InChI=1S/C20H26N6O/c1-20(2)9-15(24-17(27)12-25(3)4)11-26(13-20)16-6-5-14(10-21)18-19(16)23-8-7-22-18/h5-8,15H,9,11-13H2,1-4H3,(H,24,27). The minimum atomic E-state index is 0.0344. The molecule has 2 aromatic rings. The number of hydrogen-bond acceptors (Lipinski definition) is 6. The lowest BCUT2D eigenvalue weighted by Gasteiger charge is -2.44. The molecule has 1 aliphatic heterocycles. The van der Waals surface area contributed by atoms with Gasteiger partial charge in [-0.2, -0.15) is 5.26 Å². The second kappa shape index (κ2) is 7.49. The Balaban J connectivity index is 1.91. The first kappa shape index (κ1) is 19.1. The molecule has 1 aromatic carbocycles. The number of piperidine rings is 1. The first-order chi connectivity index (χ1) is 12.8. The summed E-state index contributed by atoms with van der Waals surface area (Å²) < 4.78 is 0. The van der Waals surface area contributed by atoms with E-state index in [1.54, 1.807) is 18.5 Å². The van der Waals surface area contributed by atoms with Gasteiger partial charge in [-0.1, -0.05) is 13.8 Å². The fourth-order valence-corrected chi connectivity index (χ4v) is 3.87. The maximum Gasteiger partial charge on any atom is 0.234 e. The van der Waals surface area contributed by atoms with Crippen molar-refractivity contribution in [2.24, 2.45) is 5.41 Å². The number of benzene rings is 1. The van der Waals surface area contributed by atoms with Crippen LogP contribution in [0.25, 0.3) is 11.0 Å². The van der Waals surface area contributed by atoms with E-state index >= 15 is 0 Å². The van der Waals surface area contributed by atoms with Crippen LogP contribution in [0.2, 0.25) is 0 Å². The highest BCUT2D eigenvalue weighted by Crippen LogP contribution is 2.34. The number of aromatic nitrogens is 2. The molecule has 142 valence electrons. The van der Waals surface area contributed by atoms with Crippen molar-refractivity contribution in [2.75, 3.05) is 38.6 Å². The van der Waals surface area contributed by atoms with E-state index in [9.17, 15) is 10.1 Å². The van der Waals surface area contributed by atoms with Gasteiger partial charge in [-0.3, -0.25) is 14.8 Å². The van der Waals surface area contributed by atoms with E-state index in [1.165, 1.54) is 0 Å². The Bertz CT molecular complexity index is 886. The van der Waals surface area contributed by atoms with Gasteiger partial charge in [0.15, 0.2) is 0 Å². The van der Waals surface area contributed by atoms with Crippen molar-refractivity contribution in [1.29, 1.82) is 5.26 Å². The second-order valence-electron chi connectivity index (χ2n) is 8.25. The smallest absolute Gasteiger partial charge is 0.234 e. The van der Waals surface area contributed by atoms with E-state index in [1.807, 2.05) is 25.1 Å². The maximum atomic E-state index is 12.2. The highest BCUT2D eigenvalue weighted by atomic mass is 16.2. The van der Waals surface area contributed by atoms with E-state index in [0.717, 1.165) is 24.2 Å². The van der Waals surface area contributed by atoms with Crippen molar-refractivity contribution in [1.82, 2.24) is 20.2 Å². The monoisotopic (exact) mass is 366 g/mol. The van der Waals surface area contributed by atoms with Gasteiger partial charge in [0.1, 0.15) is 17.1 Å². The van der Waals surface area contributed by atoms with E-state index in [4.69, 9.17) is 0 Å². The summed E-state index contributed by atoms with van der Waals surface area (Å²) in [6.45, 7) is 6.36. The zero-order valence-corrected chi connectivity index (χ0v) is 16.4. The molecule has 0 radical (unpaired) electrons. The van der Waals surface area contributed by atoms with Crippen LogP contribution in [0.4, 0.5) is 5.69 Å². The first-order valence-corrected chi connectivity index (χ1v) is 9.12. The van der Waals surface area contributed by atoms with Gasteiger partial charge in [0.2, 0.25) is 5.91 Å². The third-order valence-electron chi connectivity index (χ3n) is 4.75. The SMILES string of the molecule is CN(C)CC(=O)NC1CN(c2ccc(C#N)c3nccnc23)CC(C)(C)C1. The molecule has 7 nitrogen and oxygen atoms in total. The van der Waals surface area contributed by atoms with Crippen molar-refractivity contribution in [3.8, 4) is 6.07 Å². The third-order valence-corrected chi connectivity index (χ3v) is 4.75. The third kappa shape index (κ3) is 4.34. The molecule has 0 bridgehead atoms. The number of anilines is 1. The molecule has 27 heavy (non-hydrogen) atoms. The number of hydrogen-bond donors (Lipinski definition) is 1. The number of nitriles is 1. The van der Waals surface area contributed by atoms with Gasteiger partial charge in [0.25, 0.3) is 0 Å². The van der Waals surface area contributed by atoms with Crippen LogP contribution in [0.1, 0.15) is 25.8 Å². The number of fused-ring (bicyclic) bond motifs is 1. The van der Waals surface area contributed by atoms with Gasteiger partial charge in [-0.05, 0) is 38.1 Å². The summed E-state index contributed by atoms with van der Waals surface area (Å²) in [7, 11) is 3.77. The normalized spacial score (nSPS) is 19.1. The Morgan fingerprint density at radius 2 is 2.04 bits per heavy atom. The van der Waals surface area contributed by atoms with E-state index in [0.29, 0.717) is 24.2 Å². The van der Waals surface area contributed by atoms with Crippen molar-refractivity contribution in [2.45, 2.75) is 26.3 Å². The zero-order valence-electron chi connectivity index (χ0n) is 16.4. The van der Waals surface area contributed by atoms with E-state index < -0.39 is 0 Å². The van der Waals surface area contributed by atoms with Crippen molar-refractivity contribution < 1.29 is 4.79 Å². The molecule has 2 heterocycles. The van der Waals surface area contributed by atoms with Crippen molar-refractivity contribution in [3.05, 3.63) is 30.1 Å². The molecular weight excluding hydrogens is 340 g/mol. The fraction of sp³-hybridized carbons (Fsp3) is 0.500. The average molecular weight is 366 g/mol. The Labute approximate surface area is 160 Å². The predicted molar refractivity (Wildman–Crippen MR) is 105 cm³/mol. The Kier molecular flexibility index (Phi) is 5.29. The second-order valence-corrected chi connectivity index (χ2v) is 8.25. The minimum Gasteiger partial charge on any atom is -0.367 e. The molecular formula is C20H26N6O. The molecule has 1 atom stereocenters. The van der Waals surface area contributed by atoms with Crippen LogP contribution >= 0.6 is 0 Å². The molecule has 0 aliphatic carbocycles. The molecule has 1 saturated heterocycles. The molecule has 1 unspecified atom stereocenters. The molecule has 0 saturated carbocycles. The minimum absolute atomic E-state index is 0.0344. The molecule has 1 N–H and O–H groups in total. The van der Waals surface area contributed by atoms with Crippen LogP contribution in [0.5, 0.6) is 0 Å². The summed E-state index contributed by atoms with van der Waals surface area (Å²) in [5.41, 5.74) is 2.86. The van der Waals surface area contributed by atoms with Gasteiger partial charge in [0, 0.05) is 31.5 Å². The topological polar surface area (TPSA) is 85.2 Å². The van der Waals surface area contributed by atoms with Gasteiger partial charge in [-0.25, -0.2) is 0 Å². The van der Waals surface area contributed by atoms with Crippen molar-refractivity contribution >= 4 is 22.6 Å². The van der Waals surface area contributed by atoms with E-state index in [-0.39, 0.29) is 17.4 Å². The number of carbonyl (C=O) groups excluding carboxylic acids is 1. The van der Waals surface area contributed by atoms with Gasteiger partial charge in [0.05, 0.1) is 17.8 Å². The maximum absolute atomic E-state index is 12.2. The van der Waals surface area contributed by atoms with Crippen LogP contribution < -0.4 is 10.2 Å². The summed E-state index contributed by atoms with van der Waals surface area (Å²) >= 11 is 0. The number of nitrogens with one attached hydrogen (secondary N) is 1. The first-order valence-electron chi connectivity index (χ1n) is 9.12. The summed E-state index contributed by atoms with van der Waals surface area (Å²) in [4.78, 5) is 25.2. The summed E-state index contributed by atoms with van der Waals surface area (Å²) in [6.07, 6.45) is 4.18. The van der Waals surface area contributed by atoms with Crippen LogP contribution in [0.15, 0.2) is 24.5 Å². The molecule has 3 rings (SSSR count). The molecule has 1 aliphatic rings. The molecule has 1 amide bonds. The van der Waals surface area contributed by atoms with Crippen LogP contribution in [0, 0.1) is 16.7 Å². The number of amides is 1. The lowest BCUT2D eigenvalue weighted by atomic mass is 9.81. The van der Waals surface area contributed by atoms with Crippen LogP contribution in [-0.4, -0.2) is 60.5 Å². The number of nitrogens with zero attached hydrogens (tertiary/aromatic N) is 5. The molecule has 1 fully saturated rings. The van der Waals surface area contributed by atoms with Crippen molar-refractivity contribution in [3.63, 3.8) is 0 Å². The van der Waals surface area contributed by atoms with E-state index in [2.05, 4.69) is 40.1 Å². The molecule has 0 spiro atoms. The predicted octanol–water partition coefficient (Wildman–Crippen LogP) is 1.78. The highest BCUT2D eigenvalue weighted by Gasteiger charge is 2.34. The van der Waals surface area contributed by atoms with Crippen LogP contribution in [0.3, 0.4) is 0 Å². The Morgan fingerprint density at radius 1 is 1.33 bits per heavy atom. The van der Waals surface area contributed by atoms with Gasteiger partial charge < -0.3 is 15.1 Å². The average Bonchev–Trinajstić information content (AvgIpc) is 2.58. The lowest BCUT2D eigenvalue weighted by molar-refractivity contribution is -0.122. The lowest BCUT2D eigenvalue weighted by Crippen LogP contribution is -2.54. The quantitative estimate of drug-likeness (QED) is 0.888. The number of rotatable bonds is 4. The summed E-state index contributed by atoms with van der Waals surface area (Å²) in [5, 5.41) is 12.5. The summed E-state index contributed by atoms with van der Waals surface area (Å²) in [6, 6.07) is 5.98. The molecule has 1 aromatic heterocycles. The molecule has 7 heteroatoms. The largest absolute Gasteiger partial charge is 0.367 e. The fourth-order valence-electron chi connectivity index (χ4n) is 3.87. The number of carbonyl (C=O) groups is 1. The van der Waals surface area contributed by atoms with Gasteiger partial charge >= 0.3 is 0 Å². The number of likely N-dealkylation sites (N-methyl/N-ethyl adjacent to an activating group) is 1. The highest BCUT2D eigenvalue weighted by molar-refractivity contribution is 5.92. The summed E-state index contributed by atoms with van der Waals surface area (Å²) in [5.74, 6) is 0.0344. The zero-order chi connectivity index (χ0) is 19.6.